The van der Waals surface area contributed by atoms with E-state index in [9.17, 15) is 9.18 Å². The molecule has 0 spiro atoms. The fourth-order valence-corrected chi connectivity index (χ4v) is 2.37. The van der Waals surface area contributed by atoms with Crippen LogP contribution in [-0.4, -0.2) is 19.5 Å². The minimum atomic E-state index is -0.358. The highest BCUT2D eigenvalue weighted by molar-refractivity contribution is 5.79. The number of nitrogens with one attached hydrogen (secondary N) is 2. The third kappa shape index (κ3) is 4.15. The maximum atomic E-state index is 13.5. The molecule has 0 aliphatic heterocycles. The van der Waals surface area contributed by atoms with Gasteiger partial charge in [-0.1, -0.05) is 49.4 Å². The topological polar surface area (TPSA) is 41.1 Å². The number of hydrogen-bond acceptors (Lipinski definition) is 2. The van der Waals surface area contributed by atoms with Crippen LogP contribution in [0.25, 0.3) is 0 Å². The Bertz CT molecular complexity index is 615. The highest BCUT2D eigenvalue weighted by atomic mass is 19.1. The maximum absolute atomic E-state index is 13.5. The van der Waals surface area contributed by atoms with Crippen molar-refractivity contribution >= 4 is 5.91 Å². The van der Waals surface area contributed by atoms with Crippen LogP contribution < -0.4 is 10.6 Å². The molecule has 2 aromatic carbocycles. The second-order valence-corrected chi connectivity index (χ2v) is 5.37. The van der Waals surface area contributed by atoms with E-state index >= 15 is 0 Å². The molecule has 0 fully saturated rings. The number of halogens is 1. The lowest BCUT2D eigenvalue weighted by atomic mass is 9.97. The van der Waals surface area contributed by atoms with E-state index in [1.165, 1.54) is 12.1 Å². The van der Waals surface area contributed by atoms with Crippen molar-refractivity contribution in [3.8, 4) is 0 Å². The van der Waals surface area contributed by atoms with Crippen LogP contribution in [0.4, 0.5) is 4.39 Å². The molecule has 0 heterocycles. The Hall–Kier alpha value is -2.20. The van der Waals surface area contributed by atoms with Gasteiger partial charge in [0.2, 0.25) is 5.91 Å². The molecule has 0 aromatic heterocycles. The molecule has 22 heavy (non-hydrogen) atoms. The van der Waals surface area contributed by atoms with Crippen molar-refractivity contribution in [2.75, 3.05) is 13.6 Å². The molecule has 2 unspecified atom stereocenters. The minimum Gasteiger partial charge on any atom is -0.345 e. The van der Waals surface area contributed by atoms with Crippen molar-refractivity contribution in [3.63, 3.8) is 0 Å². The van der Waals surface area contributed by atoms with Gasteiger partial charge in [0.05, 0.1) is 6.04 Å². The van der Waals surface area contributed by atoms with Gasteiger partial charge >= 0.3 is 0 Å². The van der Waals surface area contributed by atoms with E-state index in [1.807, 2.05) is 50.4 Å². The van der Waals surface area contributed by atoms with Crippen molar-refractivity contribution < 1.29 is 9.18 Å². The van der Waals surface area contributed by atoms with Crippen LogP contribution in [0, 0.1) is 11.7 Å². The van der Waals surface area contributed by atoms with Gasteiger partial charge in [-0.15, -0.1) is 0 Å². The van der Waals surface area contributed by atoms with Gasteiger partial charge in [-0.05, 0) is 30.3 Å². The zero-order valence-electron chi connectivity index (χ0n) is 12.8. The zero-order chi connectivity index (χ0) is 15.9. The van der Waals surface area contributed by atoms with Gasteiger partial charge in [0.1, 0.15) is 5.82 Å². The molecular weight excluding hydrogens is 279 g/mol. The quantitative estimate of drug-likeness (QED) is 0.861. The fraction of sp³-hybridized carbons (Fsp3) is 0.278. The Morgan fingerprint density at radius 1 is 1.09 bits per heavy atom. The van der Waals surface area contributed by atoms with Crippen LogP contribution in [0.15, 0.2) is 54.6 Å². The molecule has 0 aliphatic rings. The summed E-state index contributed by atoms with van der Waals surface area (Å²) in [5.41, 5.74) is 1.66. The summed E-state index contributed by atoms with van der Waals surface area (Å²) in [6, 6.07) is 15.6. The summed E-state index contributed by atoms with van der Waals surface area (Å²) in [6.45, 7) is 2.45. The van der Waals surface area contributed by atoms with Crippen molar-refractivity contribution in [3.05, 3.63) is 71.5 Å². The van der Waals surface area contributed by atoms with Gasteiger partial charge in [-0.2, -0.15) is 0 Å². The lowest BCUT2D eigenvalue weighted by molar-refractivity contribution is -0.124. The van der Waals surface area contributed by atoms with Crippen LogP contribution in [0.2, 0.25) is 0 Å². The van der Waals surface area contributed by atoms with Gasteiger partial charge in [-0.25, -0.2) is 4.39 Å². The van der Waals surface area contributed by atoms with E-state index in [1.54, 1.807) is 6.07 Å². The van der Waals surface area contributed by atoms with E-state index in [-0.39, 0.29) is 23.7 Å². The fourth-order valence-electron chi connectivity index (χ4n) is 2.37. The highest BCUT2D eigenvalue weighted by Crippen LogP contribution is 2.23. The smallest absolute Gasteiger partial charge is 0.224 e. The molecule has 2 N–H and O–H groups in total. The summed E-state index contributed by atoms with van der Waals surface area (Å²) < 4.78 is 13.5. The minimum absolute atomic E-state index is 0.0625. The standard InChI is InChI=1S/C18H21FN2O/c1-13(12-20-2)18(22)21-17(14-7-4-3-5-8-14)15-9-6-10-16(19)11-15/h3-11,13,17,20H,12H2,1-2H3,(H,21,22). The third-order valence-electron chi connectivity index (χ3n) is 3.56. The molecule has 4 heteroatoms. The predicted octanol–water partition coefficient (Wildman–Crippen LogP) is 2.89. The number of amides is 1. The van der Waals surface area contributed by atoms with E-state index in [2.05, 4.69) is 10.6 Å². The van der Waals surface area contributed by atoms with Crippen LogP contribution in [0.5, 0.6) is 0 Å². The first-order chi connectivity index (χ1) is 10.6. The first kappa shape index (κ1) is 16.2. The first-order valence-electron chi connectivity index (χ1n) is 7.37. The molecule has 0 bridgehead atoms. The van der Waals surface area contributed by atoms with Crippen LogP contribution >= 0.6 is 0 Å². The first-order valence-corrected chi connectivity index (χ1v) is 7.37. The monoisotopic (exact) mass is 300 g/mol. The summed E-state index contributed by atoms with van der Waals surface area (Å²) in [6.07, 6.45) is 0. The second kappa shape index (κ2) is 7.71. The average Bonchev–Trinajstić information content (AvgIpc) is 2.53. The van der Waals surface area contributed by atoms with Gasteiger partial charge in [0, 0.05) is 12.5 Å². The summed E-state index contributed by atoms with van der Waals surface area (Å²) in [5, 5.41) is 6.01. The Morgan fingerprint density at radius 3 is 2.41 bits per heavy atom. The zero-order valence-corrected chi connectivity index (χ0v) is 12.8. The Balaban J connectivity index is 2.29. The molecule has 2 aromatic rings. The van der Waals surface area contributed by atoms with Crippen LogP contribution in [-0.2, 0) is 4.79 Å². The Labute approximate surface area is 130 Å². The van der Waals surface area contributed by atoms with Crippen LogP contribution in [0.3, 0.4) is 0 Å². The van der Waals surface area contributed by atoms with Gasteiger partial charge in [0.25, 0.3) is 0 Å². The number of carbonyl (C=O) groups is 1. The average molecular weight is 300 g/mol. The van der Waals surface area contributed by atoms with E-state index in [0.717, 1.165) is 11.1 Å². The predicted molar refractivity (Wildman–Crippen MR) is 85.9 cm³/mol. The Kier molecular flexibility index (Phi) is 5.67. The molecule has 0 aliphatic carbocycles. The summed E-state index contributed by atoms with van der Waals surface area (Å²) in [5.74, 6) is -0.534. The Morgan fingerprint density at radius 2 is 1.77 bits per heavy atom. The molecule has 1 amide bonds. The van der Waals surface area contributed by atoms with Crippen molar-refractivity contribution in [1.82, 2.24) is 10.6 Å². The largest absolute Gasteiger partial charge is 0.345 e. The number of benzene rings is 2. The number of hydrogen-bond donors (Lipinski definition) is 2. The maximum Gasteiger partial charge on any atom is 0.224 e. The van der Waals surface area contributed by atoms with E-state index in [0.29, 0.717) is 6.54 Å². The molecule has 2 rings (SSSR count). The van der Waals surface area contributed by atoms with Gasteiger partial charge in [0.15, 0.2) is 0 Å². The highest BCUT2D eigenvalue weighted by Gasteiger charge is 2.20. The van der Waals surface area contributed by atoms with Gasteiger partial charge < -0.3 is 10.6 Å². The van der Waals surface area contributed by atoms with E-state index < -0.39 is 0 Å². The number of carbonyl (C=O) groups excluding carboxylic acids is 1. The van der Waals surface area contributed by atoms with Crippen molar-refractivity contribution in [2.45, 2.75) is 13.0 Å². The number of rotatable bonds is 6. The summed E-state index contributed by atoms with van der Waals surface area (Å²) >= 11 is 0. The van der Waals surface area contributed by atoms with Crippen molar-refractivity contribution in [2.24, 2.45) is 5.92 Å². The molecule has 0 saturated carbocycles. The summed E-state index contributed by atoms with van der Waals surface area (Å²) in [7, 11) is 1.81. The molecule has 2 atom stereocenters. The lowest BCUT2D eigenvalue weighted by Gasteiger charge is -2.22. The third-order valence-corrected chi connectivity index (χ3v) is 3.56. The summed E-state index contributed by atoms with van der Waals surface area (Å²) in [4.78, 5) is 12.3. The van der Waals surface area contributed by atoms with E-state index in [4.69, 9.17) is 0 Å². The normalized spacial score (nSPS) is 13.4. The molecule has 0 radical (unpaired) electrons. The SMILES string of the molecule is CNCC(C)C(=O)NC(c1ccccc1)c1cccc(F)c1. The van der Waals surface area contributed by atoms with Crippen molar-refractivity contribution in [1.29, 1.82) is 0 Å². The second-order valence-electron chi connectivity index (χ2n) is 5.37. The molecule has 0 saturated heterocycles. The molecule has 116 valence electrons. The molecule has 3 nitrogen and oxygen atoms in total. The lowest BCUT2D eigenvalue weighted by Crippen LogP contribution is -2.37. The van der Waals surface area contributed by atoms with Gasteiger partial charge in [-0.3, -0.25) is 4.79 Å². The molecular formula is C18H21FN2O. The van der Waals surface area contributed by atoms with Crippen LogP contribution in [0.1, 0.15) is 24.1 Å².